The third kappa shape index (κ3) is 9.59. The molecule has 10 nitrogen and oxygen atoms in total. The van der Waals surface area contributed by atoms with Crippen molar-refractivity contribution < 1.29 is 30.0 Å². The van der Waals surface area contributed by atoms with Gasteiger partial charge < -0.3 is 31.1 Å². The van der Waals surface area contributed by atoms with Crippen LogP contribution in [0.4, 0.5) is 0 Å². The maximum Gasteiger partial charge on any atom is 0.261 e. The fourth-order valence-electron chi connectivity index (χ4n) is 3.44. The zero-order valence-corrected chi connectivity index (χ0v) is 20.8. The highest BCUT2D eigenvalue weighted by atomic mass is 16.3. The number of phenolic OH excluding ortho intramolecular Hbond substituents is 4. The van der Waals surface area contributed by atoms with Gasteiger partial charge in [0.1, 0.15) is 23.3 Å². The lowest BCUT2D eigenvalue weighted by Gasteiger charge is -2.06. The minimum Gasteiger partial charge on any atom is -0.504 e. The van der Waals surface area contributed by atoms with E-state index in [0.717, 1.165) is 38.5 Å². The molecule has 0 radical (unpaired) electrons. The van der Waals surface area contributed by atoms with Crippen molar-refractivity contribution in [1.29, 1.82) is 10.5 Å². The topological polar surface area (TPSA) is 187 Å². The van der Waals surface area contributed by atoms with Gasteiger partial charge in [-0.05, 0) is 60.4 Å². The summed E-state index contributed by atoms with van der Waals surface area (Å²) in [6.07, 6.45) is 7.78. The Balaban J connectivity index is 1.60. The standard InChI is InChI=1S/C28H30N4O6/c29-17-21(13-19-7-9-23(33)25(35)15-19)27(37)31-11-5-3-1-2-4-6-12-32-28(38)22(18-30)14-20-8-10-24(34)26(36)16-20/h7-10,13-16,33-36H,1-6,11-12H2,(H,31,37)(H,32,38). The van der Waals surface area contributed by atoms with Gasteiger partial charge in [-0.3, -0.25) is 9.59 Å². The average molecular weight is 519 g/mol. The first-order chi connectivity index (χ1) is 18.2. The first-order valence-electron chi connectivity index (χ1n) is 12.1. The van der Waals surface area contributed by atoms with Crippen molar-refractivity contribution in [2.75, 3.05) is 13.1 Å². The molecule has 0 spiro atoms. The molecule has 0 saturated carbocycles. The van der Waals surface area contributed by atoms with E-state index in [1.54, 1.807) is 0 Å². The van der Waals surface area contributed by atoms with Crippen molar-refractivity contribution in [2.24, 2.45) is 0 Å². The van der Waals surface area contributed by atoms with Crippen LogP contribution in [0.15, 0.2) is 47.5 Å². The number of hydrogen-bond donors (Lipinski definition) is 6. The number of nitriles is 2. The summed E-state index contributed by atoms with van der Waals surface area (Å²) in [5, 5.41) is 61.6. The summed E-state index contributed by atoms with van der Waals surface area (Å²) < 4.78 is 0. The summed E-state index contributed by atoms with van der Waals surface area (Å²) in [5.74, 6) is -2.27. The van der Waals surface area contributed by atoms with Crippen LogP contribution in [0.1, 0.15) is 49.7 Å². The second-order valence-corrected chi connectivity index (χ2v) is 8.47. The van der Waals surface area contributed by atoms with Crippen LogP contribution >= 0.6 is 0 Å². The number of carbonyl (C=O) groups excluding carboxylic acids is 2. The molecule has 2 amide bonds. The highest BCUT2D eigenvalue weighted by Crippen LogP contribution is 2.26. The molecule has 10 heteroatoms. The summed E-state index contributed by atoms with van der Waals surface area (Å²) in [4.78, 5) is 24.4. The van der Waals surface area contributed by atoms with Crippen LogP contribution in [-0.4, -0.2) is 45.3 Å². The fraction of sp³-hybridized carbons (Fsp3) is 0.286. The Morgan fingerprint density at radius 2 is 1.00 bits per heavy atom. The zero-order chi connectivity index (χ0) is 27.9. The number of phenols is 4. The fourth-order valence-corrected chi connectivity index (χ4v) is 3.44. The number of rotatable bonds is 13. The number of unbranched alkanes of at least 4 members (excludes halogenated alkanes) is 5. The van der Waals surface area contributed by atoms with Crippen molar-refractivity contribution in [1.82, 2.24) is 10.6 Å². The van der Waals surface area contributed by atoms with Crippen LogP contribution in [0.3, 0.4) is 0 Å². The molecular formula is C28H30N4O6. The quantitative estimate of drug-likeness (QED) is 0.100. The Morgan fingerprint density at radius 1 is 0.632 bits per heavy atom. The molecule has 2 aromatic carbocycles. The third-order valence-corrected chi connectivity index (χ3v) is 5.53. The van der Waals surface area contributed by atoms with Gasteiger partial charge in [-0.1, -0.05) is 37.8 Å². The number of benzene rings is 2. The van der Waals surface area contributed by atoms with Gasteiger partial charge in [0, 0.05) is 13.1 Å². The second-order valence-electron chi connectivity index (χ2n) is 8.47. The van der Waals surface area contributed by atoms with Crippen molar-refractivity contribution in [3.8, 4) is 35.1 Å². The van der Waals surface area contributed by atoms with Crippen LogP contribution in [0, 0.1) is 22.7 Å². The van der Waals surface area contributed by atoms with Crippen molar-refractivity contribution in [2.45, 2.75) is 38.5 Å². The van der Waals surface area contributed by atoms with Crippen molar-refractivity contribution in [3.05, 3.63) is 58.7 Å². The molecule has 0 aromatic heterocycles. The Bertz CT molecular complexity index is 1190. The van der Waals surface area contributed by atoms with Crippen LogP contribution in [0.5, 0.6) is 23.0 Å². The minimum absolute atomic E-state index is 0.104. The smallest absolute Gasteiger partial charge is 0.261 e. The molecule has 6 N–H and O–H groups in total. The van der Waals surface area contributed by atoms with Gasteiger partial charge in [-0.2, -0.15) is 10.5 Å². The van der Waals surface area contributed by atoms with Gasteiger partial charge in [0.2, 0.25) is 0 Å². The summed E-state index contributed by atoms with van der Waals surface area (Å²) in [7, 11) is 0. The summed E-state index contributed by atoms with van der Waals surface area (Å²) in [6.45, 7) is 0.827. The minimum atomic E-state index is -0.510. The Hall–Kier alpha value is -4.96. The molecule has 0 bridgehead atoms. The van der Waals surface area contributed by atoms with Gasteiger partial charge in [0.15, 0.2) is 23.0 Å². The van der Waals surface area contributed by atoms with Crippen LogP contribution < -0.4 is 10.6 Å². The molecule has 2 rings (SSSR count). The van der Waals surface area contributed by atoms with E-state index in [2.05, 4.69) is 10.6 Å². The monoisotopic (exact) mass is 518 g/mol. The SMILES string of the molecule is N#CC(=Cc1ccc(O)c(O)c1)C(=O)NCCCCCCCCNC(=O)C(C#N)=Cc1ccc(O)c(O)c1. The maximum absolute atomic E-state index is 12.2. The molecule has 198 valence electrons. The largest absolute Gasteiger partial charge is 0.504 e. The van der Waals surface area contributed by atoms with Crippen LogP contribution in [0.25, 0.3) is 12.2 Å². The lowest BCUT2D eigenvalue weighted by Crippen LogP contribution is -2.25. The molecule has 38 heavy (non-hydrogen) atoms. The third-order valence-electron chi connectivity index (χ3n) is 5.53. The van der Waals surface area contributed by atoms with E-state index in [1.165, 1.54) is 48.6 Å². The van der Waals surface area contributed by atoms with Gasteiger partial charge in [-0.15, -0.1) is 0 Å². The second kappa shape index (κ2) is 15.2. The molecule has 2 aromatic rings. The number of hydrogen-bond acceptors (Lipinski definition) is 8. The summed E-state index contributed by atoms with van der Waals surface area (Å²) in [5.41, 5.74) is 0.627. The number of carbonyl (C=O) groups is 2. The Kier molecular flexibility index (Phi) is 11.7. The Morgan fingerprint density at radius 3 is 1.34 bits per heavy atom. The van der Waals surface area contributed by atoms with E-state index in [4.69, 9.17) is 0 Å². The predicted molar refractivity (Wildman–Crippen MR) is 140 cm³/mol. The molecule has 0 fully saturated rings. The summed E-state index contributed by atoms with van der Waals surface area (Å²) in [6, 6.07) is 11.7. The lowest BCUT2D eigenvalue weighted by atomic mass is 10.1. The molecule has 0 aliphatic rings. The molecule has 0 aliphatic carbocycles. The van der Waals surface area contributed by atoms with E-state index < -0.39 is 11.8 Å². The van der Waals surface area contributed by atoms with E-state index in [-0.39, 0.29) is 34.1 Å². The average Bonchev–Trinajstić information content (AvgIpc) is 2.90. The number of aromatic hydroxyl groups is 4. The highest BCUT2D eigenvalue weighted by molar-refractivity contribution is 6.02. The molecule has 0 unspecified atom stereocenters. The van der Waals surface area contributed by atoms with Crippen molar-refractivity contribution in [3.63, 3.8) is 0 Å². The molecule has 0 aliphatic heterocycles. The van der Waals surface area contributed by atoms with Gasteiger partial charge >= 0.3 is 0 Å². The zero-order valence-electron chi connectivity index (χ0n) is 20.8. The van der Waals surface area contributed by atoms with Crippen LogP contribution in [0.2, 0.25) is 0 Å². The van der Waals surface area contributed by atoms with Crippen LogP contribution in [-0.2, 0) is 9.59 Å². The van der Waals surface area contributed by atoms with E-state index in [1.807, 2.05) is 12.1 Å². The summed E-state index contributed by atoms with van der Waals surface area (Å²) >= 11 is 0. The van der Waals surface area contributed by atoms with Crippen molar-refractivity contribution >= 4 is 24.0 Å². The van der Waals surface area contributed by atoms with E-state index >= 15 is 0 Å². The number of amides is 2. The maximum atomic E-state index is 12.2. The van der Waals surface area contributed by atoms with E-state index in [0.29, 0.717) is 24.2 Å². The van der Waals surface area contributed by atoms with E-state index in [9.17, 15) is 40.5 Å². The molecule has 0 atom stereocenters. The Labute approximate surface area is 220 Å². The normalized spacial score (nSPS) is 11.3. The first-order valence-corrected chi connectivity index (χ1v) is 12.1. The first kappa shape index (κ1) is 29.3. The number of nitrogens with zero attached hydrogens (tertiary/aromatic N) is 2. The molecule has 0 saturated heterocycles. The van der Waals surface area contributed by atoms with Gasteiger partial charge in [-0.25, -0.2) is 0 Å². The highest BCUT2D eigenvalue weighted by Gasteiger charge is 2.10. The predicted octanol–water partition coefficient (Wildman–Crippen LogP) is 3.60. The number of nitrogens with one attached hydrogen (secondary N) is 2. The van der Waals surface area contributed by atoms with Gasteiger partial charge in [0.25, 0.3) is 11.8 Å². The molecular weight excluding hydrogens is 488 g/mol. The lowest BCUT2D eigenvalue weighted by molar-refractivity contribution is -0.117. The van der Waals surface area contributed by atoms with Gasteiger partial charge in [0.05, 0.1) is 0 Å². The molecule has 0 heterocycles.